The molecule has 0 aromatic heterocycles. The molecule has 0 atom stereocenters. The lowest BCUT2D eigenvalue weighted by atomic mass is 10.1. The molecule has 29 heavy (non-hydrogen) atoms. The van der Waals surface area contributed by atoms with Crippen LogP contribution in [0.15, 0.2) is 12.2 Å². The molecule has 0 spiro atoms. The second-order valence-corrected chi connectivity index (χ2v) is 8.53. The zero-order chi connectivity index (χ0) is 21.3. The topological polar surface area (TPSA) is 58.9 Å². The van der Waals surface area contributed by atoms with Gasteiger partial charge in [-0.15, -0.1) is 0 Å². The van der Waals surface area contributed by atoms with Crippen molar-refractivity contribution in [3.05, 3.63) is 12.2 Å². The fourth-order valence-electron chi connectivity index (χ4n) is 3.18. The molecule has 0 aliphatic heterocycles. The van der Waals surface area contributed by atoms with Crippen LogP contribution in [0.5, 0.6) is 0 Å². The Labute approximate surface area is 188 Å². The number of aliphatic hydroxyl groups excluding tert-OH is 2. The predicted octanol–water partition coefficient (Wildman–Crippen LogP) is 6.52. The maximum atomic E-state index is 8.84. The van der Waals surface area contributed by atoms with Crippen molar-refractivity contribution in [1.82, 2.24) is 0 Å². The summed E-state index contributed by atoms with van der Waals surface area (Å²) in [7, 11) is 0. The van der Waals surface area contributed by atoms with Crippen LogP contribution in [0.25, 0.3) is 0 Å². The number of ether oxygens (including phenoxy) is 2. The summed E-state index contributed by atoms with van der Waals surface area (Å²) in [5, 5.41) is 18.7. The van der Waals surface area contributed by atoms with Gasteiger partial charge in [-0.05, 0) is 57.8 Å². The van der Waals surface area contributed by atoms with E-state index in [-0.39, 0.29) is 19.5 Å². The highest BCUT2D eigenvalue weighted by atomic mass is 79.9. The molecule has 0 aromatic rings. The minimum atomic E-state index is -0.0714. The van der Waals surface area contributed by atoms with Crippen molar-refractivity contribution in [2.75, 3.05) is 31.8 Å². The number of alkyl halides is 1. The molecule has 0 fully saturated rings. The van der Waals surface area contributed by atoms with Gasteiger partial charge >= 0.3 is 0 Å². The number of allylic oxidation sites excluding steroid dienone is 2. The van der Waals surface area contributed by atoms with Crippen molar-refractivity contribution in [3.8, 4) is 0 Å². The molecular weight excluding hydrogens is 432 g/mol. The summed E-state index contributed by atoms with van der Waals surface area (Å²) < 4.78 is 12.0. The molecular formula is C24H47BrO4. The highest BCUT2D eigenvalue weighted by molar-refractivity contribution is 9.09. The van der Waals surface area contributed by atoms with E-state index in [0.717, 1.165) is 82.8 Å². The van der Waals surface area contributed by atoms with E-state index in [0.29, 0.717) is 0 Å². The highest BCUT2D eigenvalue weighted by Crippen LogP contribution is 2.14. The van der Waals surface area contributed by atoms with Crippen molar-refractivity contribution in [3.63, 3.8) is 0 Å². The third-order valence-electron chi connectivity index (χ3n) is 4.97. The van der Waals surface area contributed by atoms with Gasteiger partial charge in [-0.3, -0.25) is 0 Å². The monoisotopic (exact) mass is 478 g/mol. The van der Waals surface area contributed by atoms with E-state index in [2.05, 4.69) is 28.1 Å². The Morgan fingerprint density at radius 1 is 0.586 bits per heavy atom. The van der Waals surface area contributed by atoms with Gasteiger partial charge in [0.25, 0.3) is 0 Å². The van der Waals surface area contributed by atoms with Crippen LogP contribution in [-0.4, -0.2) is 48.3 Å². The van der Waals surface area contributed by atoms with Crippen molar-refractivity contribution in [2.45, 2.75) is 109 Å². The van der Waals surface area contributed by atoms with Crippen LogP contribution in [0, 0.1) is 0 Å². The van der Waals surface area contributed by atoms with Gasteiger partial charge in [-0.25, -0.2) is 0 Å². The summed E-state index contributed by atoms with van der Waals surface area (Å²) in [5.41, 5.74) is 0. The normalized spacial score (nSPS) is 11.9. The molecule has 0 heterocycles. The number of hydrogen-bond acceptors (Lipinski definition) is 4. The number of unbranched alkanes of at least 4 members (excludes halogenated alkanes) is 11. The smallest absolute Gasteiger partial charge is 0.157 e. The largest absolute Gasteiger partial charge is 0.396 e. The number of aliphatic hydroxyl groups is 2. The Balaban J connectivity index is 3.79. The molecule has 0 aliphatic rings. The first-order valence-corrected chi connectivity index (χ1v) is 13.1. The molecule has 0 aromatic carbocycles. The summed E-state index contributed by atoms with van der Waals surface area (Å²) in [4.78, 5) is 0. The molecule has 0 rings (SSSR count). The van der Waals surface area contributed by atoms with Crippen molar-refractivity contribution in [2.24, 2.45) is 0 Å². The summed E-state index contributed by atoms with van der Waals surface area (Å²) in [5.74, 6) is 0. The number of halogens is 1. The van der Waals surface area contributed by atoms with Gasteiger partial charge in [0.2, 0.25) is 0 Å². The fourth-order valence-corrected chi connectivity index (χ4v) is 3.45. The second kappa shape index (κ2) is 26.1. The van der Waals surface area contributed by atoms with Gasteiger partial charge in [0, 0.05) is 31.8 Å². The van der Waals surface area contributed by atoms with Gasteiger partial charge in [-0.1, -0.05) is 73.0 Å². The van der Waals surface area contributed by atoms with E-state index in [1.807, 2.05) is 0 Å². The van der Waals surface area contributed by atoms with Crippen molar-refractivity contribution in [1.29, 1.82) is 0 Å². The van der Waals surface area contributed by atoms with Crippen LogP contribution >= 0.6 is 15.9 Å². The third kappa shape index (κ3) is 24.2. The van der Waals surface area contributed by atoms with Crippen LogP contribution in [0.2, 0.25) is 0 Å². The summed E-state index contributed by atoms with van der Waals surface area (Å²) in [6, 6.07) is 0. The maximum absolute atomic E-state index is 8.84. The molecule has 0 amide bonds. The zero-order valence-corrected chi connectivity index (χ0v) is 20.3. The lowest BCUT2D eigenvalue weighted by Gasteiger charge is -2.19. The van der Waals surface area contributed by atoms with E-state index >= 15 is 0 Å². The first-order chi connectivity index (χ1) is 14.3. The summed E-state index contributed by atoms with van der Waals surface area (Å²) in [6.45, 7) is 2.08. The van der Waals surface area contributed by atoms with Crippen molar-refractivity contribution < 1.29 is 19.7 Å². The van der Waals surface area contributed by atoms with Gasteiger partial charge in [0.05, 0.1) is 0 Å². The molecule has 4 nitrogen and oxygen atoms in total. The molecule has 0 radical (unpaired) electrons. The van der Waals surface area contributed by atoms with Crippen LogP contribution < -0.4 is 0 Å². The van der Waals surface area contributed by atoms with Gasteiger partial charge in [0.15, 0.2) is 6.29 Å². The molecule has 0 aliphatic carbocycles. The maximum Gasteiger partial charge on any atom is 0.157 e. The predicted molar refractivity (Wildman–Crippen MR) is 127 cm³/mol. The molecule has 0 saturated carbocycles. The lowest BCUT2D eigenvalue weighted by Crippen LogP contribution is -2.19. The van der Waals surface area contributed by atoms with E-state index in [9.17, 15) is 0 Å². The second-order valence-electron chi connectivity index (χ2n) is 7.74. The standard InChI is InChI=1S/C24H47BrO4/c25-19-13-7-5-3-1-2-4-6-12-18-24(28-22-16-10-8-14-20-26)29-23-17-11-9-15-21-27/h5,7,24,26-27H,1-4,6,8-23H2/b7-5-. The van der Waals surface area contributed by atoms with E-state index in [1.54, 1.807) is 0 Å². The first kappa shape index (κ1) is 29.1. The summed E-state index contributed by atoms with van der Waals surface area (Å²) in [6.07, 6.45) is 22.3. The molecule has 0 bridgehead atoms. The van der Waals surface area contributed by atoms with E-state index < -0.39 is 0 Å². The fraction of sp³-hybridized carbons (Fsp3) is 0.917. The zero-order valence-electron chi connectivity index (χ0n) is 18.7. The average molecular weight is 480 g/mol. The Morgan fingerprint density at radius 2 is 1.07 bits per heavy atom. The number of hydrogen-bond donors (Lipinski definition) is 2. The average Bonchev–Trinajstić information content (AvgIpc) is 2.73. The van der Waals surface area contributed by atoms with E-state index in [1.165, 1.54) is 38.5 Å². The Hall–Kier alpha value is 0.0600. The molecule has 5 heteroatoms. The van der Waals surface area contributed by atoms with Crippen LogP contribution in [0.1, 0.15) is 103 Å². The van der Waals surface area contributed by atoms with Crippen molar-refractivity contribution >= 4 is 15.9 Å². The molecule has 0 unspecified atom stereocenters. The van der Waals surface area contributed by atoms with Crippen LogP contribution in [-0.2, 0) is 9.47 Å². The van der Waals surface area contributed by atoms with E-state index in [4.69, 9.17) is 19.7 Å². The van der Waals surface area contributed by atoms with Gasteiger partial charge < -0.3 is 19.7 Å². The minimum absolute atomic E-state index is 0.0714. The summed E-state index contributed by atoms with van der Waals surface area (Å²) >= 11 is 3.44. The molecule has 2 N–H and O–H groups in total. The Bertz CT molecular complexity index is 310. The highest BCUT2D eigenvalue weighted by Gasteiger charge is 2.09. The lowest BCUT2D eigenvalue weighted by molar-refractivity contribution is -0.148. The van der Waals surface area contributed by atoms with Crippen LogP contribution in [0.3, 0.4) is 0 Å². The van der Waals surface area contributed by atoms with Gasteiger partial charge in [-0.2, -0.15) is 0 Å². The minimum Gasteiger partial charge on any atom is -0.396 e. The Morgan fingerprint density at radius 3 is 1.66 bits per heavy atom. The van der Waals surface area contributed by atoms with Crippen LogP contribution in [0.4, 0.5) is 0 Å². The first-order valence-electron chi connectivity index (χ1n) is 12.0. The quantitative estimate of drug-likeness (QED) is 0.0716. The SMILES string of the molecule is OCCCCCCOC(CCCCCCC/C=C\CCBr)OCCCCCCO. The Kier molecular flexibility index (Phi) is 26.1. The molecule has 174 valence electrons. The number of rotatable bonds is 24. The molecule has 0 saturated heterocycles. The third-order valence-corrected chi connectivity index (χ3v) is 5.42. The van der Waals surface area contributed by atoms with Gasteiger partial charge in [0.1, 0.15) is 0 Å².